The Bertz CT molecular complexity index is 261. The minimum atomic E-state index is 0.775. The first-order valence-corrected chi connectivity index (χ1v) is 7.14. The number of hydrogen-bond acceptors (Lipinski definition) is 1. The number of halogens is 1. The van der Waals surface area contributed by atoms with Gasteiger partial charge in [-0.15, -0.1) is 11.6 Å². The highest BCUT2D eigenvalue weighted by Crippen LogP contribution is 2.05. The first kappa shape index (κ1) is 14.5. The summed E-state index contributed by atoms with van der Waals surface area (Å²) in [7, 11) is 0. The molecule has 0 saturated heterocycles. The van der Waals surface area contributed by atoms with Gasteiger partial charge in [-0.25, -0.2) is 0 Å². The Morgan fingerprint density at radius 2 is 1.53 bits per heavy atom. The van der Waals surface area contributed by atoms with Gasteiger partial charge in [0, 0.05) is 19.1 Å². The maximum Gasteiger partial charge on any atom is 0.0466 e. The molecule has 1 aromatic carbocycles. The minimum Gasteiger partial charge on any atom is -0.381 e. The molecule has 2 heteroatoms. The van der Waals surface area contributed by atoms with E-state index in [1.165, 1.54) is 18.4 Å². The molecular weight excluding hydrogens is 232 g/mol. The summed E-state index contributed by atoms with van der Waals surface area (Å²) in [6, 6.07) is 10.6. The summed E-state index contributed by atoms with van der Waals surface area (Å²) in [5.41, 5.74) is 1.43. The quantitative estimate of drug-likeness (QED) is 0.443. The van der Waals surface area contributed by atoms with E-state index in [0.29, 0.717) is 0 Å². The number of rotatable bonds is 10. The van der Waals surface area contributed by atoms with Crippen molar-refractivity contribution in [3.63, 3.8) is 0 Å². The zero-order valence-electron chi connectivity index (χ0n) is 10.5. The third-order valence-corrected chi connectivity index (χ3v) is 3.04. The van der Waals surface area contributed by atoms with Gasteiger partial charge >= 0.3 is 0 Å². The summed E-state index contributed by atoms with van der Waals surface area (Å²) in [6.07, 6.45) is 6.98. The van der Waals surface area contributed by atoms with Crippen LogP contribution in [0.5, 0.6) is 0 Å². The lowest BCUT2D eigenvalue weighted by Gasteiger charge is -2.04. The molecule has 0 aliphatic heterocycles. The number of hydrogen-bond donors (Lipinski definition) is 0. The average Bonchev–Trinajstić information content (AvgIpc) is 2.38. The van der Waals surface area contributed by atoms with Gasteiger partial charge in [-0.3, -0.25) is 0 Å². The van der Waals surface area contributed by atoms with E-state index >= 15 is 0 Å². The van der Waals surface area contributed by atoms with Gasteiger partial charge in [0.25, 0.3) is 0 Å². The summed E-state index contributed by atoms with van der Waals surface area (Å²) in [4.78, 5) is 0. The number of unbranched alkanes of at least 4 members (excludes halogenated alkanes) is 3. The van der Waals surface area contributed by atoms with Crippen LogP contribution in [0.15, 0.2) is 30.3 Å². The molecule has 17 heavy (non-hydrogen) atoms. The predicted molar refractivity (Wildman–Crippen MR) is 74.8 cm³/mol. The maximum atomic E-state index is 5.60. The number of aryl methyl sites for hydroxylation is 1. The molecule has 1 rings (SSSR count). The van der Waals surface area contributed by atoms with Crippen molar-refractivity contribution < 1.29 is 4.74 Å². The van der Waals surface area contributed by atoms with Crippen LogP contribution in [-0.4, -0.2) is 19.1 Å². The Kier molecular flexibility index (Phi) is 9.07. The van der Waals surface area contributed by atoms with E-state index in [1.54, 1.807) is 0 Å². The fraction of sp³-hybridized carbons (Fsp3) is 0.600. The molecule has 1 aromatic rings. The number of alkyl halides is 1. The van der Waals surface area contributed by atoms with Crippen molar-refractivity contribution in [2.75, 3.05) is 19.1 Å². The summed E-state index contributed by atoms with van der Waals surface area (Å²) in [5, 5.41) is 0. The fourth-order valence-electron chi connectivity index (χ4n) is 1.76. The van der Waals surface area contributed by atoms with Crippen molar-refractivity contribution in [2.24, 2.45) is 0 Å². The molecule has 0 fully saturated rings. The van der Waals surface area contributed by atoms with E-state index in [-0.39, 0.29) is 0 Å². The van der Waals surface area contributed by atoms with Crippen molar-refractivity contribution in [2.45, 2.75) is 38.5 Å². The predicted octanol–water partition coefficient (Wildman–Crippen LogP) is 4.44. The Balaban J connectivity index is 1.85. The molecule has 1 nitrogen and oxygen atoms in total. The third-order valence-electron chi connectivity index (χ3n) is 2.77. The van der Waals surface area contributed by atoms with Crippen LogP contribution in [0.2, 0.25) is 0 Å². The molecule has 0 N–H and O–H groups in total. The summed E-state index contributed by atoms with van der Waals surface area (Å²) < 4.78 is 5.58. The second kappa shape index (κ2) is 10.6. The molecule has 0 aliphatic carbocycles. The van der Waals surface area contributed by atoms with E-state index in [9.17, 15) is 0 Å². The van der Waals surface area contributed by atoms with Crippen LogP contribution in [0, 0.1) is 0 Å². The Morgan fingerprint density at radius 3 is 2.24 bits per heavy atom. The monoisotopic (exact) mass is 254 g/mol. The molecule has 0 saturated carbocycles. The zero-order valence-corrected chi connectivity index (χ0v) is 11.3. The largest absolute Gasteiger partial charge is 0.381 e. The van der Waals surface area contributed by atoms with Crippen LogP contribution in [-0.2, 0) is 11.2 Å². The first-order chi connectivity index (χ1) is 8.43. The zero-order chi connectivity index (χ0) is 12.2. The molecule has 96 valence electrons. The molecule has 0 bridgehead atoms. The Morgan fingerprint density at radius 1 is 0.824 bits per heavy atom. The normalized spacial score (nSPS) is 10.6. The van der Waals surface area contributed by atoms with Crippen LogP contribution < -0.4 is 0 Å². The summed E-state index contributed by atoms with van der Waals surface area (Å²) >= 11 is 5.60. The highest BCUT2D eigenvalue weighted by Gasteiger charge is 1.93. The Labute approximate surface area is 110 Å². The standard InChI is InChI=1S/C15H23ClO/c16-12-6-2-7-13-17-14-8-5-11-15-9-3-1-4-10-15/h1,3-4,9-10H,2,5-8,11-14H2. The third kappa shape index (κ3) is 8.23. The van der Waals surface area contributed by atoms with Crippen molar-refractivity contribution in [3.05, 3.63) is 35.9 Å². The molecule has 0 unspecified atom stereocenters. The van der Waals surface area contributed by atoms with Crippen molar-refractivity contribution in [1.29, 1.82) is 0 Å². The molecule has 0 aromatic heterocycles. The maximum absolute atomic E-state index is 5.60. The van der Waals surface area contributed by atoms with E-state index in [1.807, 2.05) is 0 Å². The van der Waals surface area contributed by atoms with Gasteiger partial charge < -0.3 is 4.74 Å². The SMILES string of the molecule is ClCCCCCOCCCCc1ccccc1. The molecule has 0 radical (unpaired) electrons. The second-order valence-corrected chi connectivity index (χ2v) is 4.68. The summed E-state index contributed by atoms with van der Waals surface area (Å²) in [5.74, 6) is 0.775. The molecule has 0 amide bonds. The molecule has 0 heterocycles. The molecular formula is C15H23ClO. The molecule has 0 aliphatic rings. The van der Waals surface area contributed by atoms with Crippen LogP contribution in [0.4, 0.5) is 0 Å². The second-order valence-electron chi connectivity index (χ2n) is 4.30. The Hall–Kier alpha value is -0.530. The van der Waals surface area contributed by atoms with E-state index in [0.717, 1.165) is 44.8 Å². The van der Waals surface area contributed by atoms with Gasteiger partial charge in [0.1, 0.15) is 0 Å². The van der Waals surface area contributed by atoms with Gasteiger partial charge in [-0.05, 0) is 44.1 Å². The van der Waals surface area contributed by atoms with E-state index in [2.05, 4.69) is 30.3 Å². The summed E-state index contributed by atoms with van der Waals surface area (Å²) in [6.45, 7) is 1.79. The lowest BCUT2D eigenvalue weighted by Crippen LogP contribution is -1.98. The number of ether oxygens (including phenoxy) is 1. The van der Waals surface area contributed by atoms with E-state index in [4.69, 9.17) is 16.3 Å². The van der Waals surface area contributed by atoms with Gasteiger partial charge in [-0.2, -0.15) is 0 Å². The smallest absolute Gasteiger partial charge is 0.0466 e. The lowest BCUT2D eigenvalue weighted by molar-refractivity contribution is 0.126. The van der Waals surface area contributed by atoms with Gasteiger partial charge in [-0.1, -0.05) is 30.3 Å². The average molecular weight is 255 g/mol. The van der Waals surface area contributed by atoms with Crippen LogP contribution in [0.25, 0.3) is 0 Å². The molecule has 0 atom stereocenters. The van der Waals surface area contributed by atoms with Crippen molar-refractivity contribution >= 4 is 11.6 Å². The van der Waals surface area contributed by atoms with Crippen LogP contribution in [0.1, 0.15) is 37.7 Å². The van der Waals surface area contributed by atoms with E-state index < -0.39 is 0 Å². The van der Waals surface area contributed by atoms with Gasteiger partial charge in [0.2, 0.25) is 0 Å². The topological polar surface area (TPSA) is 9.23 Å². The van der Waals surface area contributed by atoms with Gasteiger partial charge in [0.05, 0.1) is 0 Å². The minimum absolute atomic E-state index is 0.775. The van der Waals surface area contributed by atoms with Crippen LogP contribution >= 0.6 is 11.6 Å². The fourth-order valence-corrected chi connectivity index (χ4v) is 1.94. The van der Waals surface area contributed by atoms with Crippen LogP contribution in [0.3, 0.4) is 0 Å². The first-order valence-electron chi connectivity index (χ1n) is 6.61. The molecule has 0 spiro atoms. The van der Waals surface area contributed by atoms with Crippen molar-refractivity contribution in [1.82, 2.24) is 0 Å². The highest BCUT2D eigenvalue weighted by molar-refractivity contribution is 6.17. The number of benzene rings is 1. The van der Waals surface area contributed by atoms with Gasteiger partial charge in [0.15, 0.2) is 0 Å². The van der Waals surface area contributed by atoms with Crippen molar-refractivity contribution in [3.8, 4) is 0 Å². The highest BCUT2D eigenvalue weighted by atomic mass is 35.5. The lowest BCUT2D eigenvalue weighted by atomic mass is 10.1.